The number of hydrogen-bond acceptors (Lipinski definition) is 5. The van der Waals surface area contributed by atoms with Gasteiger partial charge in [-0.1, -0.05) is 12.1 Å². The zero-order valence-electron chi connectivity index (χ0n) is 15.1. The first-order valence-electron chi connectivity index (χ1n) is 8.36. The number of aromatic nitrogens is 2. The second-order valence-electron chi connectivity index (χ2n) is 6.14. The molecule has 3 rings (SSSR count). The van der Waals surface area contributed by atoms with Crippen LogP contribution in [0.1, 0.15) is 26.4 Å². The van der Waals surface area contributed by atoms with E-state index in [4.69, 9.17) is 0 Å². The molecule has 0 saturated carbocycles. The van der Waals surface area contributed by atoms with E-state index in [1.165, 1.54) is 29.5 Å². The van der Waals surface area contributed by atoms with E-state index in [0.29, 0.717) is 17.1 Å². The largest absolute Gasteiger partial charge is 0.468 e. The van der Waals surface area contributed by atoms with Crippen molar-refractivity contribution in [3.8, 4) is 5.88 Å². The van der Waals surface area contributed by atoms with Gasteiger partial charge in [0.2, 0.25) is 5.88 Å². The van der Waals surface area contributed by atoms with E-state index >= 15 is 0 Å². The lowest BCUT2D eigenvalue weighted by Gasteiger charge is -2.08. The minimum atomic E-state index is -4.47. The summed E-state index contributed by atoms with van der Waals surface area (Å²) in [5.74, 6) is -1.03. The van der Waals surface area contributed by atoms with Crippen molar-refractivity contribution in [2.24, 2.45) is 0 Å². The number of carbonyl (C=O) groups excluding carboxylic acids is 1. The van der Waals surface area contributed by atoms with Gasteiger partial charge in [-0.05, 0) is 30.2 Å². The topological polar surface area (TPSA) is 64.1 Å². The van der Waals surface area contributed by atoms with E-state index in [9.17, 15) is 22.4 Å². The van der Waals surface area contributed by atoms with Crippen molar-refractivity contribution in [2.75, 3.05) is 11.9 Å². The number of halogens is 4. The highest BCUT2D eigenvalue weighted by Gasteiger charge is 2.28. The molecule has 1 aromatic carbocycles. The van der Waals surface area contributed by atoms with Gasteiger partial charge in [0.25, 0.3) is 5.91 Å². The van der Waals surface area contributed by atoms with Crippen LogP contribution in [-0.4, -0.2) is 28.7 Å². The SMILES string of the molecule is Cc1ccc(Cc2cnc(NC(=O)c3ccc(OCC(F)(F)F)nc3)s2)cc1F. The van der Waals surface area contributed by atoms with Crippen LogP contribution in [0.15, 0.2) is 42.7 Å². The predicted molar refractivity (Wildman–Crippen MR) is 99.8 cm³/mol. The Morgan fingerprint density at radius 1 is 1.17 bits per heavy atom. The second-order valence-corrected chi connectivity index (χ2v) is 7.25. The highest BCUT2D eigenvalue weighted by atomic mass is 32.1. The molecule has 2 heterocycles. The monoisotopic (exact) mass is 425 g/mol. The van der Waals surface area contributed by atoms with Crippen LogP contribution >= 0.6 is 11.3 Å². The van der Waals surface area contributed by atoms with Gasteiger partial charge in [0.15, 0.2) is 11.7 Å². The summed E-state index contributed by atoms with van der Waals surface area (Å²) >= 11 is 1.24. The molecule has 0 aliphatic heterocycles. The number of hydrogen-bond donors (Lipinski definition) is 1. The fourth-order valence-electron chi connectivity index (χ4n) is 2.32. The summed E-state index contributed by atoms with van der Waals surface area (Å²) in [6.45, 7) is 0.224. The van der Waals surface area contributed by atoms with Crippen LogP contribution in [0, 0.1) is 12.7 Å². The molecule has 2 aromatic heterocycles. The van der Waals surface area contributed by atoms with Crippen LogP contribution in [-0.2, 0) is 6.42 Å². The third kappa shape index (κ3) is 5.98. The third-order valence-electron chi connectivity index (χ3n) is 3.77. The van der Waals surface area contributed by atoms with Gasteiger partial charge >= 0.3 is 6.18 Å². The fourth-order valence-corrected chi connectivity index (χ4v) is 3.16. The molecule has 0 radical (unpaired) electrons. The van der Waals surface area contributed by atoms with Crippen LogP contribution < -0.4 is 10.1 Å². The van der Waals surface area contributed by atoms with Crippen molar-refractivity contribution >= 4 is 22.4 Å². The van der Waals surface area contributed by atoms with Gasteiger partial charge in [0, 0.05) is 29.8 Å². The average Bonchev–Trinajstić information content (AvgIpc) is 3.09. The molecule has 0 fully saturated rings. The van der Waals surface area contributed by atoms with Gasteiger partial charge in [-0.3, -0.25) is 10.1 Å². The lowest BCUT2D eigenvalue weighted by atomic mass is 10.1. The molecule has 0 saturated heterocycles. The Balaban J connectivity index is 1.59. The molecular weight excluding hydrogens is 410 g/mol. The molecule has 0 unspecified atom stereocenters. The number of alkyl halides is 3. The lowest BCUT2D eigenvalue weighted by molar-refractivity contribution is -0.154. The highest BCUT2D eigenvalue weighted by Crippen LogP contribution is 2.23. The number of anilines is 1. The van der Waals surface area contributed by atoms with E-state index in [2.05, 4.69) is 20.0 Å². The molecule has 152 valence electrons. The number of rotatable bonds is 6. The van der Waals surface area contributed by atoms with Gasteiger partial charge in [0.1, 0.15) is 5.82 Å². The molecule has 0 bridgehead atoms. The van der Waals surface area contributed by atoms with Crippen LogP contribution in [0.4, 0.5) is 22.7 Å². The molecule has 1 N–H and O–H groups in total. The first-order chi connectivity index (χ1) is 13.7. The van der Waals surface area contributed by atoms with Crippen LogP contribution in [0.25, 0.3) is 0 Å². The normalized spacial score (nSPS) is 11.3. The van der Waals surface area contributed by atoms with Crippen molar-refractivity contribution in [3.05, 3.63) is 70.1 Å². The molecule has 29 heavy (non-hydrogen) atoms. The van der Waals surface area contributed by atoms with Gasteiger partial charge < -0.3 is 4.74 Å². The first-order valence-corrected chi connectivity index (χ1v) is 9.18. The smallest absolute Gasteiger partial charge is 0.422 e. The fraction of sp³-hybridized carbons (Fsp3) is 0.211. The highest BCUT2D eigenvalue weighted by molar-refractivity contribution is 7.15. The Morgan fingerprint density at radius 2 is 1.97 bits per heavy atom. The summed E-state index contributed by atoms with van der Waals surface area (Å²) in [5.41, 5.74) is 1.49. The third-order valence-corrected chi connectivity index (χ3v) is 4.68. The molecule has 5 nitrogen and oxygen atoms in total. The summed E-state index contributed by atoms with van der Waals surface area (Å²) in [7, 11) is 0. The first kappa shape index (κ1) is 20.7. The molecule has 10 heteroatoms. The number of nitrogens with one attached hydrogen (secondary N) is 1. The molecule has 0 aliphatic rings. The van der Waals surface area contributed by atoms with E-state index in [1.54, 1.807) is 19.2 Å². The summed E-state index contributed by atoms with van der Waals surface area (Å²) < 4.78 is 54.5. The average molecular weight is 425 g/mol. The summed E-state index contributed by atoms with van der Waals surface area (Å²) in [6.07, 6.45) is -1.29. The van der Waals surface area contributed by atoms with Gasteiger partial charge in [-0.15, -0.1) is 11.3 Å². The maximum atomic E-state index is 13.6. The van der Waals surface area contributed by atoms with Crippen molar-refractivity contribution in [1.82, 2.24) is 9.97 Å². The second kappa shape index (κ2) is 8.56. The quantitative estimate of drug-likeness (QED) is 0.578. The Kier molecular flexibility index (Phi) is 6.12. The maximum Gasteiger partial charge on any atom is 0.422 e. The molecule has 0 aliphatic carbocycles. The predicted octanol–water partition coefficient (Wildman–Crippen LogP) is 4.77. The van der Waals surface area contributed by atoms with Gasteiger partial charge in [0.05, 0.1) is 5.56 Å². The van der Waals surface area contributed by atoms with Crippen LogP contribution in [0.5, 0.6) is 5.88 Å². The van der Waals surface area contributed by atoms with Crippen molar-refractivity contribution in [1.29, 1.82) is 0 Å². The molecule has 0 atom stereocenters. The Morgan fingerprint density at radius 3 is 2.62 bits per heavy atom. The van der Waals surface area contributed by atoms with Gasteiger partial charge in [-0.2, -0.15) is 13.2 Å². The summed E-state index contributed by atoms with van der Waals surface area (Å²) in [5, 5.41) is 2.94. The van der Waals surface area contributed by atoms with Gasteiger partial charge in [-0.25, -0.2) is 14.4 Å². The van der Waals surface area contributed by atoms with Crippen molar-refractivity contribution in [2.45, 2.75) is 19.5 Å². The van der Waals surface area contributed by atoms with Crippen molar-refractivity contribution in [3.63, 3.8) is 0 Å². The minimum absolute atomic E-state index is 0.140. The van der Waals surface area contributed by atoms with E-state index in [0.717, 1.165) is 16.6 Å². The number of nitrogens with zero attached hydrogens (tertiary/aromatic N) is 2. The minimum Gasteiger partial charge on any atom is -0.468 e. The Bertz CT molecular complexity index is 1000. The summed E-state index contributed by atoms with van der Waals surface area (Å²) in [4.78, 5) is 20.9. The maximum absolute atomic E-state index is 13.6. The number of pyridine rings is 1. The number of benzene rings is 1. The summed E-state index contributed by atoms with van der Waals surface area (Å²) in [6, 6.07) is 7.47. The number of aryl methyl sites for hydroxylation is 1. The molecular formula is C19H15F4N3O2S. The standard InChI is InChI=1S/C19H15F4N3O2S/c1-11-2-3-12(7-15(11)20)6-14-9-25-18(29-14)26-17(27)13-4-5-16(24-8-13)28-10-19(21,22)23/h2-5,7-9H,6,10H2,1H3,(H,25,26,27). The molecule has 0 spiro atoms. The Labute approximate surface area is 167 Å². The van der Waals surface area contributed by atoms with E-state index in [1.807, 2.05) is 6.07 Å². The zero-order valence-corrected chi connectivity index (χ0v) is 15.9. The number of carbonyl (C=O) groups is 1. The Hall–Kier alpha value is -3.01. The number of ether oxygens (including phenoxy) is 1. The lowest BCUT2D eigenvalue weighted by Crippen LogP contribution is -2.19. The molecule has 1 amide bonds. The van der Waals surface area contributed by atoms with E-state index in [-0.39, 0.29) is 17.3 Å². The zero-order chi connectivity index (χ0) is 21.0. The van der Waals surface area contributed by atoms with Crippen LogP contribution in [0.3, 0.4) is 0 Å². The number of amides is 1. The molecule has 3 aromatic rings. The van der Waals surface area contributed by atoms with Crippen LogP contribution in [0.2, 0.25) is 0 Å². The number of thiazole rings is 1. The van der Waals surface area contributed by atoms with E-state index < -0.39 is 18.7 Å². The van der Waals surface area contributed by atoms with Crippen molar-refractivity contribution < 1.29 is 27.1 Å².